The quantitative estimate of drug-likeness (QED) is 0.452. The lowest BCUT2D eigenvalue weighted by atomic mass is 10.1. The summed E-state index contributed by atoms with van der Waals surface area (Å²) in [6.45, 7) is 0. The van der Waals surface area contributed by atoms with E-state index in [9.17, 15) is 9.59 Å². The minimum absolute atomic E-state index is 0.157. The molecule has 0 unspecified atom stereocenters. The third-order valence-corrected chi connectivity index (χ3v) is 3.12. The van der Waals surface area contributed by atoms with Crippen molar-refractivity contribution in [2.45, 2.75) is 38.1 Å². The van der Waals surface area contributed by atoms with Crippen LogP contribution in [0.25, 0.3) is 0 Å². The molecular formula is C17H21NO3. The molecule has 4 heteroatoms. The number of unbranched alkanes of at least 4 members (excludes halogenated alkanes) is 1. The first-order valence-corrected chi connectivity index (χ1v) is 7.02. The van der Waals surface area contributed by atoms with Gasteiger partial charge in [0.05, 0.1) is 7.11 Å². The Morgan fingerprint density at radius 1 is 1.33 bits per heavy atom. The van der Waals surface area contributed by atoms with Gasteiger partial charge in [0, 0.05) is 12.8 Å². The monoisotopic (exact) mass is 287 g/mol. The summed E-state index contributed by atoms with van der Waals surface area (Å²) in [7, 11) is 1.31. The van der Waals surface area contributed by atoms with Gasteiger partial charge in [-0.2, -0.15) is 0 Å². The Kier molecular flexibility index (Phi) is 7.67. The summed E-state index contributed by atoms with van der Waals surface area (Å²) in [6.07, 6.45) is 7.91. The number of carbonyl (C=O) groups excluding carboxylic acids is 2. The highest BCUT2D eigenvalue weighted by atomic mass is 16.5. The van der Waals surface area contributed by atoms with Gasteiger partial charge < -0.3 is 10.1 Å². The number of amides is 1. The van der Waals surface area contributed by atoms with E-state index in [0.29, 0.717) is 32.1 Å². The summed E-state index contributed by atoms with van der Waals surface area (Å²) < 4.78 is 4.70. The lowest BCUT2D eigenvalue weighted by Gasteiger charge is -2.16. The Morgan fingerprint density at radius 2 is 2.05 bits per heavy atom. The normalized spacial score (nSPS) is 11.2. The first-order chi connectivity index (χ1) is 10.2. The molecule has 0 bridgehead atoms. The minimum atomic E-state index is -0.619. The van der Waals surface area contributed by atoms with Crippen LogP contribution in [0.1, 0.15) is 31.2 Å². The van der Waals surface area contributed by atoms with E-state index in [0.717, 1.165) is 5.56 Å². The molecule has 1 rings (SSSR count). The molecule has 0 aliphatic heterocycles. The van der Waals surface area contributed by atoms with Crippen molar-refractivity contribution in [2.75, 3.05) is 7.11 Å². The Bertz CT molecular complexity index is 491. The molecule has 0 aliphatic carbocycles. The highest BCUT2D eigenvalue weighted by Gasteiger charge is 2.20. The fourth-order valence-corrected chi connectivity index (χ4v) is 1.97. The molecule has 1 amide bonds. The van der Waals surface area contributed by atoms with E-state index in [1.54, 1.807) is 0 Å². The van der Waals surface area contributed by atoms with Crippen LogP contribution in [0.5, 0.6) is 0 Å². The van der Waals surface area contributed by atoms with Crippen molar-refractivity contribution in [2.24, 2.45) is 0 Å². The van der Waals surface area contributed by atoms with Gasteiger partial charge in [0.2, 0.25) is 5.91 Å². The van der Waals surface area contributed by atoms with Crippen molar-refractivity contribution in [1.82, 2.24) is 5.32 Å². The van der Waals surface area contributed by atoms with E-state index in [1.807, 2.05) is 30.3 Å². The van der Waals surface area contributed by atoms with Crippen LogP contribution < -0.4 is 5.32 Å². The molecule has 0 saturated heterocycles. The number of hydrogen-bond acceptors (Lipinski definition) is 3. The van der Waals surface area contributed by atoms with Crippen molar-refractivity contribution < 1.29 is 14.3 Å². The van der Waals surface area contributed by atoms with Crippen LogP contribution in [-0.4, -0.2) is 25.0 Å². The van der Waals surface area contributed by atoms with E-state index in [4.69, 9.17) is 11.2 Å². The molecule has 0 fully saturated rings. The zero-order valence-electron chi connectivity index (χ0n) is 12.3. The van der Waals surface area contributed by atoms with Gasteiger partial charge in [-0.05, 0) is 24.8 Å². The molecule has 1 aromatic carbocycles. The molecule has 1 atom stereocenters. The maximum absolute atomic E-state index is 11.9. The molecule has 0 saturated carbocycles. The maximum Gasteiger partial charge on any atom is 0.328 e. The Hall–Kier alpha value is -2.28. The molecule has 0 radical (unpaired) electrons. The second-order valence-corrected chi connectivity index (χ2v) is 4.73. The van der Waals surface area contributed by atoms with E-state index >= 15 is 0 Å². The molecule has 4 nitrogen and oxygen atoms in total. The zero-order chi connectivity index (χ0) is 15.5. The van der Waals surface area contributed by atoms with E-state index < -0.39 is 12.0 Å². The number of carbonyl (C=O) groups is 2. The first kappa shape index (κ1) is 16.8. The van der Waals surface area contributed by atoms with Gasteiger partial charge in [-0.1, -0.05) is 30.3 Å². The predicted molar refractivity (Wildman–Crippen MR) is 81.4 cm³/mol. The molecule has 0 spiro atoms. The molecule has 1 aromatic rings. The molecule has 1 N–H and O–H groups in total. The fraction of sp³-hybridized carbons (Fsp3) is 0.412. The fourth-order valence-electron chi connectivity index (χ4n) is 1.97. The smallest absolute Gasteiger partial charge is 0.328 e. The number of ether oxygens (including phenoxy) is 1. The summed E-state index contributed by atoms with van der Waals surface area (Å²) in [5.41, 5.74) is 1.09. The molecule has 0 heterocycles. The number of aryl methyl sites for hydroxylation is 1. The van der Waals surface area contributed by atoms with Crippen LogP contribution >= 0.6 is 0 Å². The number of rotatable bonds is 8. The predicted octanol–water partition coefficient (Wildman–Crippen LogP) is 2.08. The summed E-state index contributed by atoms with van der Waals surface area (Å²) in [4.78, 5) is 23.5. The van der Waals surface area contributed by atoms with Gasteiger partial charge in [0.1, 0.15) is 6.04 Å². The number of terminal acetylenes is 1. The zero-order valence-corrected chi connectivity index (χ0v) is 12.3. The van der Waals surface area contributed by atoms with Gasteiger partial charge in [0.25, 0.3) is 0 Å². The third kappa shape index (κ3) is 6.62. The third-order valence-electron chi connectivity index (χ3n) is 3.12. The lowest BCUT2D eigenvalue weighted by molar-refractivity contribution is -0.145. The number of hydrogen-bond donors (Lipinski definition) is 1. The van der Waals surface area contributed by atoms with E-state index in [1.165, 1.54) is 7.11 Å². The largest absolute Gasteiger partial charge is 0.467 e. The van der Waals surface area contributed by atoms with E-state index in [2.05, 4.69) is 11.2 Å². The standard InChI is InChI=1S/C17H21NO3/c1-3-4-6-11-15(17(20)21-2)18-16(19)13-12-14-9-7-5-8-10-14/h1,5,7-10,15H,4,6,11-13H2,2H3,(H,18,19)/t15-/m0/s1. The highest BCUT2D eigenvalue weighted by molar-refractivity contribution is 5.84. The van der Waals surface area contributed by atoms with Crippen molar-refractivity contribution in [3.05, 3.63) is 35.9 Å². The SMILES string of the molecule is C#CCCC[C@H](NC(=O)CCc1ccccc1)C(=O)OC. The molecule has 112 valence electrons. The van der Waals surface area contributed by atoms with Gasteiger partial charge in [0.15, 0.2) is 0 Å². The number of methoxy groups -OCH3 is 1. The highest BCUT2D eigenvalue weighted by Crippen LogP contribution is 2.05. The number of nitrogens with one attached hydrogen (secondary N) is 1. The summed E-state index contributed by atoms with van der Waals surface area (Å²) in [6, 6.07) is 9.12. The second kappa shape index (κ2) is 9.60. The van der Waals surface area contributed by atoms with Crippen LogP contribution in [-0.2, 0) is 20.7 Å². The first-order valence-electron chi connectivity index (χ1n) is 7.02. The van der Waals surface area contributed by atoms with Crippen molar-refractivity contribution in [1.29, 1.82) is 0 Å². The van der Waals surface area contributed by atoms with Crippen molar-refractivity contribution in [3.8, 4) is 12.3 Å². The average Bonchev–Trinajstić information content (AvgIpc) is 2.52. The summed E-state index contributed by atoms with van der Waals surface area (Å²) in [5, 5.41) is 2.71. The molecular weight excluding hydrogens is 266 g/mol. The Morgan fingerprint density at radius 3 is 2.67 bits per heavy atom. The number of esters is 1. The topological polar surface area (TPSA) is 55.4 Å². The van der Waals surface area contributed by atoms with Gasteiger partial charge in [-0.15, -0.1) is 12.3 Å². The van der Waals surface area contributed by atoms with Gasteiger partial charge in [-0.3, -0.25) is 4.79 Å². The van der Waals surface area contributed by atoms with Crippen LogP contribution in [0.3, 0.4) is 0 Å². The van der Waals surface area contributed by atoms with Crippen LogP contribution in [0.4, 0.5) is 0 Å². The van der Waals surface area contributed by atoms with Crippen LogP contribution in [0.2, 0.25) is 0 Å². The lowest BCUT2D eigenvalue weighted by Crippen LogP contribution is -2.41. The van der Waals surface area contributed by atoms with E-state index in [-0.39, 0.29) is 5.91 Å². The Balaban J connectivity index is 2.44. The van der Waals surface area contributed by atoms with Crippen LogP contribution in [0.15, 0.2) is 30.3 Å². The number of benzene rings is 1. The van der Waals surface area contributed by atoms with Crippen molar-refractivity contribution in [3.63, 3.8) is 0 Å². The van der Waals surface area contributed by atoms with Crippen LogP contribution in [0, 0.1) is 12.3 Å². The minimum Gasteiger partial charge on any atom is -0.467 e. The molecule has 0 aliphatic rings. The van der Waals surface area contributed by atoms with Gasteiger partial charge >= 0.3 is 5.97 Å². The Labute approximate surface area is 125 Å². The second-order valence-electron chi connectivity index (χ2n) is 4.73. The average molecular weight is 287 g/mol. The summed E-state index contributed by atoms with van der Waals surface area (Å²) >= 11 is 0. The molecule has 21 heavy (non-hydrogen) atoms. The summed E-state index contributed by atoms with van der Waals surface area (Å²) in [5.74, 6) is 1.93. The maximum atomic E-state index is 11.9. The van der Waals surface area contributed by atoms with Gasteiger partial charge in [-0.25, -0.2) is 4.79 Å². The van der Waals surface area contributed by atoms with Crippen molar-refractivity contribution >= 4 is 11.9 Å². The molecule has 0 aromatic heterocycles.